The highest BCUT2D eigenvalue weighted by molar-refractivity contribution is 7.80. The van der Waals surface area contributed by atoms with Crippen LogP contribution >= 0.6 is 12.6 Å². The van der Waals surface area contributed by atoms with Gasteiger partial charge in [0.1, 0.15) is 18.1 Å². The highest BCUT2D eigenvalue weighted by Crippen LogP contribution is 2.00. The standard InChI is InChI=1S/C15H25N5O8S/c1-6(12(24)19-8(15(27)28)2-3-10(17)21)18-14(26)9(4-11(22)23)20-13(25)7(16)5-29/h6-9,29H,2-5,16H2,1H3,(H2,17,21)(H,18,26)(H,19,24)(H,20,25)(H,22,23)(H,27,28). The molecule has 0 spiro atoms. The Kier molecular flexibility index (Phi) is 11.3. The van der Waals surface area contributed by atoms with Gasteiger partial charge in [0.15, 0.2) is 0 Å². The molecule has 4 amide bonds. The van der Waals surface area contributed by atoms with Gasteiger partial charge >= 0.3 is 11.9 Å². The Morgan fingerprint density at radius 2 is 1.48 bits per heavy atom. The van der Waals surface area contributed by atoms with Crippen LogP contribution in [0.15, 0.2) is 0 Å². The molecule has 13 nitrogen and oxygen atoms in total. The summed E-state index contributed by atoms with van der Waals surface area (Å²) in [5.41, 5.74) is 10.4. The summed E-state index contributed by atoms with van der Waals surface area (Å²) in [5.74, 6) is -6.29. The number of carboxylic acids is 2. The first-order valence-electron chi connectivity index (χ1n) is 8.39. The number of thiol groups is 1. The molecule has 29 heavy (non-hydrogen) atoms. The molecule has 0 aliphatic heterocycles. The van der Waals surface area contributed by atoms with Crippen molar-refractivity contribution in [1.29, 1.82) is 0 Å². The van der Waals surface area contributed by atoms with Gasteiger partial charge < -0.3 is 37.6 Å². The van der Waals surface area contributed by atoms with Crippen LogP contribution < -0.4 is 27.4 Å². The van der Waals surface area contributed by atoms with Crippen molar-refractivity contribution in [3.63, 3.8) is 0 Å². The lowest BCUT2D eigenvalue weighted by molar-refractivity contribution is -0.143. The Labute approximate surface area is 171 Å². The molecule has 0 aliphatic carbocycles. The van der Waals surface area contributed by atoms with Crippen molar-refractivity contribution in [2.45, 2.75) is 50.4 Å². The lowest BCUT2D eigenvalue weighted by atomic mass is 10.1. The minimum atomic E-state index is -1.52. The van der Waals surface area contributed by atoms with Crippen molar-refractivity contribution in [1.82, 2.24) is 16.0 Å². The minimum absolute atomic E-state index is 0.0477. The molecular formula is C15H25N5O8S. The zero-order chi connectivity index (χ0) is 22.7. The maximum absolute atomic E-state index is 12.3. The van der Waals surface area contributed by atoms with E-state index in [4.69, 9.17) is 21.7 Å². The second-order valence-electron chi connectivity index (χ2n) is 6.08. The molecule has 4 atom stereocenters. The minimum Gasteiger partial charge on any atom is -0.481 e. The molecule has 0 aromatic carbocycles. The van der Waals surface area contributed by atoms with Gasteiger partial charge in [-0.05, 0) is 13.3 Å². The number of carbonyl (C=O) groups excluding carboxylic acids is 4. The summed E-state index contributed by atoms with van der Waals surface area (Å²) >= 11 is 3.83. The van der Waals surface area contributed by atoms with Crippen LogP contribution in [-0.2, 0) is 28.8 Å². The van der Waals surface area contributed by atoms with Crippen LogP contribution in [0.2, 0.25) is 0 Å². The normalized spacial score (nSPS) is 14.6. The molecule has 14 heteroatoms. The molecule has 164 valence electrons. The molecule has 9 N–H and O–H groups in total. The largest absolute Gasteiger partial charge is 0.481 e. The number of nitrogens with one attached hydrogen (secondary N) is 3. The fourth-order valence-electron chi connectivity index (χ4n) is 1.97. The fraction of sp³-hybridized carbons (Fsp3) is 0.600. The van der Waals surface area contributed by atoms with Crippen LogP contribution in [0.4, 0.5) is 0 Å². The van der Waals surface area contributed by atoms with Gasteiger partial charge in [0.05, 0.1) is 12.5 Å². The van der Waals surface area contributed by atoms with Gasteiger partial charge in [-0.1, -0.05) is 0 Å². The van der Waals surface area contributed by atoms with Gasteiger partial charge in [0.25, 0.3) is 0 Å². The number of primary amides is 1. The Morgan fingerprint density at radius 1 is 0.931 bits per heavy atom. The van der Waals surface area contributed by atoms with Crippen LogP contribution in [0, 0.1) is 0 Å². The fourth-order valence-corrected chi connectivity index (χ4v) is 2.13. The zero-order valence-electron chi connectivity index (χ0n) is 15.6. The number of carboxylic acid groups (broad SMARTS) is 2. The van der Waals surface area contributed by atoms with Gasteiger partial charge in [0.2, 0.25) is 23.6 Å². The second kappa shape index (κ2) is 12.6. The summed E-state index contributed by atoms with van der Waals surface area (Å²) < 4.78 is 0. The molecule has 0 aromatic heterocycles. The van der Waals surface area contributed by atoms with Gasteiger partial charge in [-0.3, -0.25) is 24.0 Å². The molecule has 0 saturated carbocycles. The monoisotopic (exact) mass is 435 g/mol. The summed E-state index contributed by atoms with van der Waals surface area (Å²) in [5, 5.41) is 24.4. The molecule has 0 aromatic rings. The van der Waals surface area contributed by atoms with E-state index in [2.05, 4.69) is 28.6 Å². The number of hydrogen-bond donors (Lipinski definition) is 8. The number of amides is 4. The van der Waals surface area contributed by atoms with E-state index in [1.165, 1.54) is 6.92 Å². The molecule has 0 bridgehead atoms. The van der Waals surface area contributed by atoms with E-state index in [0.29, 0.717) is 0 Å². The van der Waals surface area contributed by atoms with E-state index in [-0.39, 0.29) is 18.6 Å². The highest BCUT2D eigenvalue weighted by atomic mass is 32.1. The number of aliphatic carboxylic acids is 2. The average Bonchev–Trinajstić information content (AvgIpc) is 2.62. The molecule has 0 saturated heterocycles. The Morgan fingerprint density at radius 3 is 1.93 bits per heavy atom. The van der Waals surface area contributed by atoms with E-state index < -0.39 is 66.2 Å². The first-order valence-corrected chi connectivity index (χ1v) is 9.02. The maximum Gasteiger partial charge on any atom is 0.326 e. The summed E-state index contributed by atoms with van der Waals surface area (Å²) in [6, 6.07) is -5.29. The lowest BCUT2D eigenvalue weighted by Crippen LogP contribution is -2.57. The van der Waals surface area contributed by atoms with E-state index in [1.807, 2.05) is 0 Å². The quantitative estimate of drug-likeness (QED) is 0.134. The summed E-state index contributed by atoms with van der Waals surface area (Å²) in [6.45, 7) is 1.22. The maximum atomic E-state index is 12.3. The van der Waals surface area contributed by atoms with Crippen LogP contribution in [0.25, 0.3) is 0 Å². The number of nitrogens with two attached hydrogens (primary N) is 2. The molecule has 0 aliphatic rings. The van der Waals surface area contributed by atoms with Crippen LogP contribution in [-0.4, -0.2) is 75.7 Å². The van der Waals surface area contributed by atoms with Crippen LogP contribution in [0.1, 0.15) is 26.2 Å². The Balaban J connectivity index is 5.02. The number of hydrogen-bond acceptors (Lipinski definition) is 8. The smallest absolute Gasteiger partial charge is 0.326 e. The summed E-state index contributed by atoms with van der Waals surface area (Å²) in [6.07, 6.45) is -1.31. The van der Waals surface area contributed by atoms with Crippen molar-refractivity contribution in [2.24, 2.45) is 11.5 Å². The first-order chi connectivity index (χ1) is 13.4. The van der Waals surface area contributed by atoms with Gasteiger partial charge in [-0.25, -0.2) is 4.79 Å². The zero-order valence-corrected chi connectivity index (χ0v) is 16.5. The predicted molar refractivity (Wildman–Crippen MR) is 102 cm³/mol. The molecule has 0 fully saturated rings. The Bertz CT molecular complexity index is 659. The third-order valence-electron chi connectivity index (χ3n) is 3.59. The topological polar surface area (TPSA) is 231 Å². The SMILES string of the molecule is CC(NC(=O)C(CC(=O)O)NC(=O)C(N)CS)C(=O)NC(CCC(N)=O)C(=O)O. The van der Waals surface area contributed by atoms with Crippen molar-refractivity contribution >= 4 is 48.2 Å². The second-order valence-corrected chi connectivity index (χ2v) is 6.45. The summed E-state index contributed by atoms with van der Waals surface area (Å²) in [4.78, 5) is 69.1. The van der Waals surface area contributed by atoms with E-state index in [1.54, 1.807) is 0 Å². The van der Waals surface area contributed by atoms with E-state index in [9.17, 15) is 28.8 Å². The van der Waals surface area contributed by atoms with Crippen LogP contribution in [0.3, 0.4) is 0 Å². The van der Waals surface area contributed by atoms with E-state index >= 15 is 0 Å². The number of carbonyl (C=O) groups is 6. The first kappa shape index (κ1) is 26.1. The van der Waals surface area contributed by atoms with Gasteiger partial charge in [-0.15, -0.1) is 0 Å². The Hall–Kier alpha value is -2.87. The molecule has 0 heterocycles. The molecular weight excluding hydrogens is 410 g/mol. The predicted octanol–water partition coefficient (Wildman–Crippen LogP) is -3.46. The van der Waals surface area contributed by atoms with E-state index in [0.717, 1.165) is 0 Å². The van der Waals surface area contributed by atoms with Gasteiger partial charge in [-0.2, -0.15) is 12.6 Å². The number of rotatable bonds is 13. The highest BCUT2D eigenvalue weighted by Gasteiger charge is 2.29. The third-order valence-corrected chi connectivity index (χ3v) is 3.98. The summed E-state index contributed by atoms with van der Waals surface area (Å²) in [7, 11) is 0. The average molecular weight is 435 g/mol. The third kappa shape index (κ3) is 10.3. The van der Waals surface area contributed by atoms with Gasteiger partial charge in [0, 0.05) is 12.2 Å². The molecule has 4 unspecified atom stereocenters. The molecule has 0 radical (unpaired) electrons. The lowest BCUT2D eigenvalue weighted by Gasteiger charge is -2.22. The van der Waals surface area contributed by atoms with Crippen molar-refractivity contribution in [3.8, 4) is 0 Å². The van der Waals surface area contributed by atoms with Crippen molar-refractivity contribution in [2.75, 3.05) is 5.75 Å². The molecule has 0 rings (SSSR count). The van der Waals surface area contributed by atoms with Crippen molar-refractivity contribution in [3.05, 3.63) is 0 Å². The van der Waals surface area contributed by atoms with Crippen LogP contribution in [0.5, 0.6) is 0 Å². The van der Waals surface area contributed by atoms with Crippen molar-refractivity contribution < 1.29 is 39.0 Å².